The van der Waals surface area contributed by atoms with Crippen LogP contribution in [-0.4, -0.2) is 50.2 Å². The van der Waals surface area contributed by atoms with Crippen LogP contribution >= 0.6 is 0 Å². The molecular weight excluding hydrogens is 394 g/mol. The number of benzene rings is 1. The summed E-state index contributed by atoms with van der Waals surface area (Å²) in [7, 11) is 1.27. The Bertz CT molecular complexity index is 759. The second-order valence-electron chi connectivity index (χ2n) is 7.02. The number of esters is 4. The number of hydrogen-bond donors (Lipinski definition) is 1. The number of ether oxygens (including phenoxy) is 4. The summed E-state index contributed by atoms with van der Waals surface area (Å²) in [5, 5.41) is 2.99. The van der Waals surface area contributed by atoms with Gasteiger partial charge in [-0.1, -0.05) is 19.9 Å². The zero-order valence-electron chi connectivity index (χ0n) is 18.0. The molecule has 0 radical (unpaired) electrons. The van der Waals surface area contributed by atoms with Gasteiger partial charge in [-0.3, -0.25) is 19.2 Å². The fourth-order valence-corrected chi connectivity index (χ4v) is 2.56. The molecule has 1 aromatic carbocycles. The summed E-state index contributed by atoms with van der Waals surface area (Å²) < 4.78 is 20.1. The number of carbonyl (C=O) groups excluding carboxylic acids is 4. The van der Waals surface area contributed by atoms with E-state index in [1.807, 2.05) is 13.8 Å². The van der Waals surface area contributed by atoms with E-state index in [9.17, 15) is 19.2 Å². The zero-order valence-corrected chi connectivity index (χ0v) is 18.0. The Morgan fingerprint density at radius 3 is 2.20 bits per heavy atom. The van der Waals surface area contributed by atoms with Crippen LogP contribution in [0.4, 0.5) is 0 Å². The molecule has 166 valence electrons. The van der Waals surface area contributed by atoms with Crippen molar-refractivity contribution >= 4 is 23.9 Å². The molecule has 1 atom stereocenters. The molecule has 0 amide bonds. The smallest absolute Gasteiger partial charge is 0.323 e. The maximum absolute atomic E-state index is 12.1. The molecular formula is C21H29NO8. The number of nitrogens with one attached hydrogen (secondary N) is 1. The van der Waals surface area contributed by atoms with E-state index in [0.29, 0.717) is 12.0 Å². The minimum Gasteiger partial charge on any atom is -0.468 e. The Labute approximate surface area is 176 Å². The van der Waals surface area contributed by atoms with Crippen molar-refractivity contribution in [1.29, 1.82) is 0 Å². The molecule has 1 N–H and O–H groups in total. The fourth-order valence-electron chi connectivity index (χ4n) is 2.56. The molecule has 0 unspecified atom stereocenters. The minimum absolute atomic E-state index is 0.0708. The summed E-state index contributed by atoms with van der Waals surface area (Å²) in [6.07, 6.45) is 0.537. The van der Waals surface area contributed by atoms with E-state index in [0.717, 1.165) is 0 Å². The first kappa shape index (κ1) is 25.1. The van der Waals surface area contributed by atoms with Crippen LogP contribution in [0.25, 0.3) is 0 Å². The first-order chi connectivity index (χ1) is 14.1. The first-order valence-corrected chi connectivity index (χ1v) is 9.59. The predicted molar refractivity (Wildman–Crippen MR) is 107 cm³/mol. The van der Waals surface area contributed by atoms with Gasteiger partial charge in [0.2, 0.25) is 0 Å². The van der Waals surface area contributed by atoms with Crippen molar-refractivity contribution in [3.63, 3.8) is 0 Å². The molecule has 0 bridgehead atoms. The molecule has 9 heteroatoms. The van der Waals surface area contributed by atoms with Gasteiger partial charge < -0.3 is 24.3 Å². The van der Waals surface area contributed by atoms with Gasteiger partial charge in [0.05, 0.1) is 7.11 Å². The second kappa shape index (κ2) is 12.6. The monoisotopic (exact) mass is 423 g/mol. The predicted octanol–water partition coefficient (Wildman–Crippen LogP) is 1.80. The van der Waals surface area contributed by atoms with Gasteiger partial charge in [0, 0.05) is 26.8 Å². The van der Waals surface area contributed by atoms with Gasteiger partial charge in [-0.25, -0.2) is 0 Å². The third kappa shape index (κ3) is 9.51. The van der Waals surface area contributed by atoms with E-state index in [-0.39, 0.29) is 43.0 Å². The Kier molecular flexibility index (Phi) is 10.5. The molecule has 30 heavy (non-hydrogen) atoms. The average Bonchev–Trinajstić information content (AvgIpc) is 2.64. The molecule has 1 aromatic rings. The summed E-state index contributed by atoms with van der Waals surface area (Å²) in [4.78, 5) is 46.3. The molecule has 1 rings (SSSR count). The Morgan fingerprint density at radius 1 is 1.00 bits per heavy atom. The third-order valence-electron chi connectivity index (χ3n) is 3.77. The van der Waals surface area contributed by atoms with Crippen LogP contribution < -0.4 is 14.8 Å². The maximum Gasteiger partial charge on any atom is 0.323 e. The van der Waals surface area contributed by atoms with Crippen LogP contribution in [0.1, 0.15) is 39.7 Å². The lowest BCUT2D eigenvalue weighted by Crippen LogP contribution is -2.41. The highest BCUT2D eigenvalue weighted by atomic mass is 16.6. The molecule has 0 aromatic heterocycles. The van der Waals surface area contributed by atoms with Crippen LogP contribution in [0.15, 0.2) is 18.2 Å². The van der Waals surface area contributed by atoms with Crippen molar-refractivity contribution in [2.75, 3.05) is 20.3 Å². The lowest BCUT2D eigenvalue weighted by atomic mass is 10.1. The highest BCUT2D eigenvalue weighted by Gasteiger charge is 2.21. The fraction of sp³-hybridized carbons (Fsp3) is 0.524. The SMILES string of the molecule is COC(=O)[C@H](Cc1ccc(OC(C)=O)c(OC(C)=O)c1)NCCOC(=O)CC(C)C. The topological polar surface area (TPSA) is 117 Å². The van der Waals surface area contributed by atoms with E-state index in [2.05, 4.69) is 5.32 Å². The molecule has 0 saturated carbocycles. The normalized spacial score (nSPS) is 11.5. The molecule has 0 heterocycles. The summed E-state index contributed by atoms with van der Waals surface area (Å²) in [5.74, 6) is -1.56. The van der Waals surface area contributed by atoms with Crippen molar-refractivity contribution in [1.82, 2.24) is 5.32 Å². The molecule has 0 aliphatic heterocycles. The van der Waals surface area contributed by atoms with Crippen LogP contribution in [-0.2, 0) is 35.1 Å². The third-order valence-corrected chi connectivity index (χ3v) is 3.77. The molecule has 0 saturated heterocycles. The van der Waals surface area contributed by atoms with E-state index in [1.165, 1.54) is 33.1 Å². The average molecular weight is 423 g/mol. The molecule has 0 aliphatic rings. The molecule has 9 nitrogen and oxygen atoms in total. The highest BCUT2D eigenvalue weighted by molar-refractivity contribution is 5.76. The maximum atomic E-state index is 12.1. The van der Waals surface area contributed by atoms with Crippen molar-refractivity contribution in [3.8, 4) is 11.5 Å². The summed E-state index contributed by atoms with van der Waals surface area (Å²) >= 11 is 0. The van der Waals surface area contributed by atoms with Crippen LogP contribution in [0.5, 0.6) is 11.5 Å². The first-order valence-electron chi connectivity index (χ1n) is 9.59. The van der Waals surface area contributed by atoms with Crippen LogP contribution in [0, 0.1) is 5.92 Å². The lowest BCUT2D eigenvalue weighted by Gasteiger charge is -2.18. The Hall–Kier alpha value is -2.94. The Morgan fingerprint density at radius 2 is 1.63 bits per heavy atom. The van der Waals surface area contributed by atoms with Gasteiger partial charge in [-0.05, 0) is 30.0 Å². The summed E-state index contributed by atoms with van der Waals surface area (Å²) in [6.45, 7) is 6.67. The quantitative estimate of drug-likeness (QED) is 0.323. The van der Waals surface area contributed by atoms with E-state index in [4.69, 9.17) is 18.9 Å². The molecule has 0 fully saturated rings. The molecule has 0 aliphatic carbocycles. The second-order valence-corrected chi connectivity index (χ2v) is 7.02. The van der Waals surface area contributed by atoms with Gasteiger partial charge in [0.15, 0.2) is 11.5 Å². The lowest BCUT2D eigenvalue weighted by molar-refractivity contribution is -0.144. The number of rotatable bonds is 11. The number of carbonyl (C=O) groups is 4. The van der Waals surface area contributed by atoms with Crippen molar-refractivity contribution in [3.05, 3.63) is 23.8 Å². The van der Waals surface area contributed by atoms with Gasteiger partial charge >= 0.3 is 23.9 Å². The largest absolute Gasteiger partial charge is 0.468 e. The van der Waals surface area contributed by atoms with Gasteiger partial charge in [0.25, 0.3) is 0 Å². The van der Waals surface area contributed by atoms with Gasteiger partial charge in [-0.15, -0.1) is 0 Å². The highest BCUT2D eigenvalue weighted by Crippen LogP contribution is 2.29. The van der Waals surface area contributed by atoms with Crippen LogP contribution in [0.3, 0.4) is 0 Å². The number of hydrogen-bond acceptors (Lipinski definition) is 9. The summed E-state index contributed by atoms with van der Waals surface area (Å²) in [6, 6.07) is 3.92. The zero-order chi connectivity index (χ0) is 22.7. The number of methoxy groups -OCH3 is 1. The van der Waals surface area contributed by atoms with Crippen molar-refractivity contribution in [2.24, 2.45) is 5.92 Å². The van der Waals surface area contributed by atoms with E-state index in [1.54, 1.807) is 6.07 Å². The summed E-state index contributed by atoms with van der Waals surface area (Å²) in [5.41, 5.74) is 0.641. The van der Waals surface area contributed by atoms with E-state index >= 15 is 0 Å². The van der Waals surface area contributed by atoms with Gasteiger partial charge in [0.1, 0.15) is 12.6 Å². The van der Waals surface area contributed by atoms with Crippen molar-refractivity contribution in [2.45, 2.75) is 46.6 Å². The molecule has 0 spiro atoms. The standard InChI is InChI=1S/C21H29NO8/c1-13(2)10-20(25)28-9-8-22-17(21(26)27-5)11-16-6-7-18(29-14(3)23)19(12-16)30-15(4)24/h6-7,12-13,17,22H,8-11H2,1-5H3/t17-/m0/s1. The van der Waals surface area contributed by atoms with Gasteiger partial charge in [-0.2, -0.15) is 0 Å². The Balaban J connectivity index is 2.81. The van der Waals surface area contributed by atoms with Crippen molar-refractivity contribution < 1.29 is 38.1 Å². The van der Waals surface area contributed by atoms with Crippen LogP contribution in [0.2, 0.25) is 0 Å². The minimum atomic E-state index is -0.719. The van der Waals surface area contributed by atoms with E-state index < -0.39 is 23.9 Å².